The van der Waals surface area contributed by atoms with Gasteiger partial charge in [0.25, 0.3) is 11.6 Å². The molecule has 2 aromatic rings. The van der Waals surface area contributed by atoms with Crippen LogP contribution in [-0.2, 0) is 19.1 Å². The zero-order valence-electron chi connectivity index (χ0n) is 17.0. The molecule has 2 aliphatic rings. The zero-order valence-corrected chi connectivity index (χ0v) is 17.0. The minimum atomic E-state index is -0.871. The molecule has 4 rings (SSSR count). The molecule has 11 nitrogen and oxygen atoms in total. The molecule has 1 saturated heterocycles. The quantitative estimate of drug-likeness (QED) is 0.421. The van der Waals surface area contributed by atoms with E-state index in [9.17, 15) is 24.5 Å². The first kappa shape index (κ1) is 21.2. The van der Waals surface area contributed by atoms with Crippen molar-refractivity contribution in [1.29, 1.82) is 0 Å². The minimum Gasteiger partial charge on any atom is -0.452 e. The Kier molecular flexibility index (Phi) is 5.99. The van der Waals surface area contributed by atoms with Crippen LogP contribution >= 0.6 is 0 Å². The molecule has 0 aliphatic carbocycles. The number of hydrogen-bond acceptors (Lipinski definition) is 8. The summed E-state index contributed by atoms with van der Waals surface area (Å²) in [6.45, 7) is 1.11. The number of nitro benzene ring substituents is 1. The number of hydrogen-bond donors (Lipinski definition) is 1. The van der Waals surface area contributed by atoms with Gasteiger partial charge in [0.2, 0.25) is 5.91 Å². The summed E-state index contributed by atoms with van der Waals surface area (Å²) in [7, 11) is 0. The number of nitro groups is 1. The predicted octanol–water partition coefficient (Wildman–Crippen LogP) is 1.57. The van der Waals surface area contributed by atoms with Crippen LogP contribution in [0.4, 0.5) is 22.7 Å². The first-order chi connectivity index (χ1) is 15.4. The van der Waals surface area contributed by atoms with Gasteiger partial charge in [0.05, 0.1) is 35.1 Å². The van der Waals surface area contributed by atoms with Crippen molar-refractivity contribution in [2.45, 2.75) is 0 Å². The van der Waals surface area contributed by atoms with E-state index in [4.69, 9.17) is 9.47 Å². The van der Waals surface area contributed by atoms with E-state index >= 15 is 0 Å². The highest BCUT2D eigenvalue weighted by atomic mass is 16.6. The summed E-state index contributed by atoms with van der Waals surface area (Å²) in [5.41, 5.74) is 1.10. The Morgan fingerprint density at radius 1 is 1.12 bits per heavy atom. The first-order valence-electron chi connectivity index (χ1n) is 9.91. The maximum absolute atomic E-state index is 12.6. The van der Waals surface area contributed by atoms with Gasteiger partial charge in [0, 0.05) is 19.2 Å². The van der Waals surface area contributed by atoms with Gasteiger partial charge in [-0.25, -0.2) is 4.79 Å². The van der Waals surface area contributed by atoms with E-state index in [2.05, 4.69) is 5.32 Å². The molecule has 166 valence electrons. The monoisotopic (exact) mass is 440 g/mol. The number of benzene rings is 2. The number of nitrogens with one attached hydrogen (secondary N) is 1. The van der Waals surface area contributed by atoms with Crippen molar-refractivity contribution in [2.75, 3.05) is 54.6 Å². The van der Waals surface area contributed by atoms with E-state index in [1.165, 1.54) is 17.0 Å². The highest BCUT2D eigenvalue weighted by Crippen LogP contribution is 2.31. The second-order valence-corrected chi connectivity index (χ2v) is 7.18. The van der Waals surface area contributed by atoms with E-state index < -0.39 is 23.4 Å². The second kappa shape index (κ2) is 9.02. The normalized spacial score (nSPS) is 15.6. The zero-order chi connectivity index (χ0) is 22.7. The summed E-state index contributed by atoms with van der Waals surface area (Å²) < 4.78 is 10.4. The number of carbonyl (C=O) groups is 3. The lowest BCUT2D eigenvalue weighted by Gasteiger charge is -2.29. The number of para-hydroxylation sites is 2. The molecule has 2 aliphatic heterocycles. The van der Waals surface area contributed by atoms with Crippen LogP contribution in [0.3, 0.4) is 0 Å². The Bertz CT molecular complexity index is 1080. The Hall–Kier alpha value is -3.99. The molecule has 11 heteroatoms. The van der Waals surface area contributed by atoms with Gasteiger partial charge < -0.3 is 19.7 Å². The van der Waals surface area contributed by atoms with Crippen LogP contribution in [0.1, 0.15) is 10.4 Å². The number of ether oxygens (including phenoxy) is 2. The van der Waals surface area contributed by atoms with Crippen molar-refractivity contribution in [2.24, 2.45) is 0 Å². The van der Waals surface area contributed by atoms with Crippen LogP contribution in [0.5, 0.6) is 0 Å². The summed E-state index contributed by atoms with van der Waals surface area (Å²) in [5.74, 6) is -1.82. The summed E-state index contributed by atoms with van der Waals surface area (Å²) in [6, 6.07) is 10.8. The molecule has 0 aromatic heterocycles. The van der Waals surface area contributed by atoms with Gasteiger partial charge in [0.15, 0.2) is 6.61 Å². The molecule has 2 heterocycles. The van der Waals surface area contributed by atoms with Crippen LogP contribution in [0, 0.1) is 10.1 Å². The Morgan fingerprint density at radius 2 is 1.88 bits per heavy atom. The van der Waals surface area contributed by atoms with Gasteiger partial charge in [-0.2, -0.15) is 0 Å². The molecule has 0 atom stereocenters. The van der Waals surface area contributed by atoms with E-state index in [0.29, 0.717) is 43.4 Å². The van der Waals surface area contributed by atoms with Crippen molar-refractivity contribution in [1.82, 2.24) is 0 Å². The second-order valence-electron chi connectivity index (χ2n) is 7.18. The van der Waals surface area contributed by atoms with Crippen molar-refractivity contribution in [3.63, 3.8) is 0 Å². The molecule has 0 saturated carbocycles. The molecule has 0 bridgehead atoms. The fourth-order valence-corrected chi connectivity index (χ4v) is 3.61. The number of morpholine rings is 1. The largest absolute Gasteiger partial charge is 0.452 e. The number of nitrogens with zero attached hydrogens (tertiary/aromatic N) is 3. The predicted molar refractivity (Wildman–Crippen MR) is 114 cm³/mol. The van der Waals surface area contributed by atoms with E-state index in [1.54, 1.807) is 24.3 Å². The van der Waals surface area contributed by atoms with Gasteiger partial charge in [0.1, 0.15) is 12.2 Å². The van der Waals surface area contributed by atoms with Crippen molar-refractivity contribution in [3.05, 3.63) is 58.1 Å². The minimum absolute atomic E-state index is 0.0432. The van der Waals surface area contributed by atoms with Gasteiger partial charge >= 0.3 is 5.97 Å². The molecule has 2 aromatic carbocycles. The van der Waals surface area contributed by atoms with E-state index in [0.717, 1.165) is 6.07 Å². The Morgan fingerprint density at radius 3 is 2.62 bits per heavy atom. The van der Waals surface area contributed by atoms with Gasteiger partial charge in [-0.05, 0) is 24.3 Å². The lowest BCUT2D eigenvalue weighted by atomic mass is 10.1. The lowest BCUT2D eigenvalue weighted by Crippen LogP contribution is -2.44. The van der Waals surface area contributed by atoms with Crippen molar-refractivity contribution in [3.8, 4) is 0 Å². The first-order valence-corrected chi connectivity index (χ1v) is 9.91. The standard InChI is InChI=1S/C21H20N4O7/c26-19-12-24(16-4-2-1-3-15(16)22-19)20(27)13-32-21(28)14-5-6-17(18(11-14)25(29)30)23-7-9-31-10-8-23/h1-6,11H,7-10,12-13H2,(H,22,26). The Labute approximate surface area is 182 Å². The molecule has 2 amide bonds. The fourth-order valence-electron chi connectivity index (χ4n) is 3.61. The average Bonchev–Trinajstić information content (AvgIpc) is 2.81. The maximum atomic E-state index is 12.6. The Balaban J connectivity index is 1.46. The van der Waals surface area contributed by atoms with Gasteiger partial charge in [-0.15, -0.1) is 0 Å². The third-order valence-electron chi connectivity index (χ3n) is 5.16. The molecule has 1 fully saturated rings. The molecular formula is C21H20N4O7. The van der Waals surface area contributed by atoms with Crippen molar-refractivity contribution < 1.29 is 28.8 Å². The van der Waals surface area contributed by atoms with Crippen LogP contribution in [0.15, 0.2) is 42.5 Å². The summed E-state index contributed by atoms with van der Waals surface area (Å²) >= 11 is 0. The molecule has 32 heavy (non-hydrogen) atoms. The van der Waals surface area contributed by atoms with Crippen LogP contribution in [0.25, 0.3) is 0 Å². The van der Waals surface area contributed by atoms with E-state index in [-0.39, 0.29) is 23.7 Å². The maximum Gasteiger partial charge on any atom is 0.338 e. The van der Waals surface area contributed by atoms with Crippen LogP contribution < -0.4 is 15.1 Å². The molecular weight excluding hydrogens is 420 g/mol. The highest BCUT2D eigenvalue weighted by Gasteiger charge is 2.28. The number of esters is 1. The number of fused-ring (bicyclic) bond motifs is 1. The van der Waals surface area contributed by atoms with Crippen molar-refractivity contribution >= 4 is 40.5 Å². The number of carbonyl (C=O) groups excluding carboxylic acids is 3. The highest BCUT2D eigenvalue weighted by molar-refractivity contribution is 6.10. The van der Waals surface area contributed by atoms with E-state index in [1.807, 2.05) is 4.90 Å². The van der Waals surface area contributed by atoms with Gasteiger partial charge in [-0.3, -0.25) is 24.6 Å². The smallest absolute Gasteiger partial charge is 0.338 e. The molecule has 0 unspecified atom stereocenters. The van der Waals surface area contributed by atoms with Gasteiger partial charge in [-0.1, -0.05) is 12.1 Å². The lowest BCUT2D eigenvalue weighted by molar-refractivity contribution is -0.384. The fraction of sp³-hybridized carbons (Fsp3) is 0.286. The molecule has 1 N–H and O–H groups in total. The average molecular weight is 440 g/mol. The third-order valence-corrected chi connectivity index (χ3v) is 5.16. The topological polar surface area (TPSA) is 131 Å². The van der Waals surface area contributed by atoms with Crippen LogP contribution in [0.2, 0.25) is 0 Å². The molecule has 0 spiro atoms. The third kappa shape index (κ3) is 4.37. The number of anilines is 3. The number of rotatable bonds is 5. The summed E-state index contributed by atoms with van der Waals surface area (Å²) in [4.78, 5) is 51.0. The number of amides is 2. The SMILES string of the molecule is O=C1CN(C(=O)COC(=O)c2ccc(N3CCOCC3)c([N+](=O)[O-])c2)c2ccccc2N1. The molecule has 0 radical (unpaired) electrons. The van der Waals surface area contributed by atoms with Crippen LogP contribution in [-0.4, -0.2) is 62.2 Å². The summed E-state index contributed by atoms with van der Waals surface area (Å²) in [5, 5.41) is 14.2. The summed E-state index contributed by atoms with van der Waals surface area (Å²) in [6.07, 6.45) is 0.